The zero-order chi connectivity index (χ0) is 12.0. The number of nitrogen functional groups attached to an aromatic ring is 1. The Kier molecular flexibility index (Phi) is 5.38. The smallest absolute Gasteiger partial charge is 0.197 e. The lowest BCUT2D eigenvalue weighted by Crippen LogP contribution is -2.12. The van der Waals surface area contributed by atoms with E-state index in [0.717, 1.165) is 11.5 Å². The largest absolute Gasteiger partial charge is 0.487 e. The van der Waals surface area contributed by atoms with E-state index in [9.17, 15) is 0 Å². The Balaban J connectivity index is 2.59. The molecule has 0 bridgehead atoms. The monoisotopic (exact) mass is 243 g/mol. The van der Waals surface area contributed by atoms with E-state index in [2.05, 4.69) is 23.5 Å². The van der Waals surface area contributed by atoms with Gasteiger partial charge in [-0.2, -0.15) is 4.37 Å². The molecule has 4 nitrogen and oxygen atoms in total. The van der Waals surface area contributed by atoms with Gasteiger partial charge in [-0.25, -0.2) is 0 Å². The third-order valence-corrected chi connectivity index (χ3v) is 3.47. The van der Waals surface area contributed by atoms with Crippen molar-refractivity contribution in [1.82, 2.24) is 4.37 Å². The van der Waals surface area contributed by atoms with E-state index in [1.807, 2.05) is 6.92 Å². The van der Waals surface area contributed by atoms with Crippen LogP contribution in [0.4, 0.5) is 10.8 Å². The molecule has 1 heterocycles. The number of rotatable bonds is 7. The average Bonchev–Trinajstić information content (AvgIpc) is 2.63. The third kappa shape index (κ3) is 3.27. The van der Waals surface area contributed by atoms with Gasteiger partial charge < -0.3 is 15.8 Å². The molecule has 0 aromatic carbocycles. The molecular weight excluding hydrogens is 222 g/mol. The van der Waals surface area contributed by atoms with E-state index in [4.69, 9.17) is 10.5 Å². The maximum atomic E-state index is 5.73. The lowest BCUT2D eigenvalue weighted by Gasteiger charge is -2.13. The van der Waals surface area contributed by atoms with Gasteiger partial charge in [-0.15, -0.1) is 0 Å². The molecule has 16 heavy (non-hydrogen) atoms. The number of nitrogens with zero attached hydrogens (tertiary/aromatic N) is 1. The fraction of sp³-hybridized carbons (Fsp3) is 0.727. The molecule has 0 aliphatic rings. The lowest BCUT2D eigenvalue weighted by atomic mass is 10.0. The molecule has 0 amide bonds. The summed E-state index contributed by atoms with van der Waals surface area (Å²) in [6.07, 6.45) is 2.36. The van der Waals surface area contributed by atoms with E-state index >= 15 is 0 Å². The minimum absolute atomic E-state index is 0.485. The molecule has 3 N–H and O–H groups in total. The van der Waals surface area contributed by atoms with Crippen LogP contribution < -0.4 is 15.8 Å². The molecule has 0 radical (unpaired) electrons. The standard InChI is InChI=1S/C11H21N3OS/c1-4-8(5-2)7-13-11-9(15-6-3)10(12)14-16-11/h8,13H,4-7H2,1-3H3,(H2,12,14). The maximum absolute atomic E-state index is 5.73. The highest BCUT2D eigenvalue weighted by molar-refractivity contribution is 7.11. The Morgan fingerprint density at radius 1 is 1.38 bits per heavy atom. The molecular formula is C11H21N3OS. The molecule has 0 unspecified atom stereocenters. The van der Waals surface area contributed by atoms with Crippen LogP contribution in [0.2, 0.25) is 0 Å². The highest BCUT2D eigenvalue weighted by Crippen LogP contribution is 2.35. The van der Waals surface area contributed by atoms with Crippen LogP contribution in [0.5, 0.6) is 5.75 Å². The number of hydrogen-bond acceptors (Lipinski definition) is 5. The fourth-order valence-corrected chi connectivity index (χ4v) is 2.17. The van der Waals surface area contributed by atoms with Crippen LogP contribution in [-0.4, -0.2) is 17.5 Å². The van der Waals surface area contributed by atoms with Crippen LogP contribution in [0, 0.1) is 5.92 Å². The Labute approximate surface area is 101 Å². The molecule has 1 rings (SSSR count). The van der Waals surface area contributed by atoms with Crippen LogP contribution >= 0.6 is 11.5 Å². The molecule has 0 aliphatic heterocycles. The number of anilines is 2. The molecule has 0 aliphatic carbocycles. The van der Waals surface area contributed by atoms with E-state index in [1.165, 1.54) is 24.4 Å². The quantitative estimate of drug-likeness (QED) is 0.773. The average molecular weight is 243 g/mol. The second-order valence-electron chi connectivity index (χ2n) is 3.72. The van der Waals surface area contributed by atoms with Crippen LogP contribution in [0.1, 0.15) is 33.6 Å². The number of nitrogens with two attached hydrogens (primary N) is 1. The van der Waals surface area contributed by atoms with E-state index in [0.29, 0.717) is 24.1 Å². The van der Waals surface area contributed by atoms with Crippen LogP contribution in [0.3, 0.4) is 0 Å². The molecule has 0 fully saturated rings. The van der Waals surface area contributed by atoms with Crippen molar-refractivity contribution in [3.8, 4) is 5.75 Å². The molecule has 1 aromatic rings. The number of aromatic nitrogens is 1. The van der Waals surface area contributed by atoms with Crippen molar-refractivity contribution in [1.29, 1.82) is 0 Å². The van der Waals surface area contributed by atoms with Crippen molar-refractivity contribution < 1.29 is 4.74 Å². The number of ether oxygens (including phenoxy) is 1. The van der Waals surface area contributed by atoms with Crippen LogP contribution in [-0.2, 0) is 0 Å². The Hall–Kier alpha value is -0.970. The van der Waals surface area contributed by atoms with Crippen molar-refractivity contribution in [3.63, 3.8) is 0 Å². The van der Waals surface area contributed by atoms with Crippen molar-refractivity contribution in [2.75, 3.05) is 24.2 Å². The van der Waals surface area contributed by atoms with E-state index < -0.39 is 0 Å². The molecule has 1 aromatic heterocycles. The van der Waals surface area contributed by atoms with Gasteiger partial charge in [-0.05, 0) is 24.4 Å². The van der Waals surface area contributed by atoms with Gasteiger partial charge in [0.25, 0.3) is 0 Å². The lowest BCUT2D eigenvalue weighted by molar-refractivity contribution is 0.344. The topological polar surface area (TPSA) is 60.2 Å². The minimum Gasteiger partial charge on any atom is -0.487 e. The van der Waals surface area contributed by atoms with Gasteiger partial charge in [0.2, 0.25) is 0 Å². The highest BCUT2D eigenvalue weighted by atomic mass is 32.1. The molecule has 0 atom stereocenters. The summed E-state index contributed by atoms with van der Waals surface area (Å²) in [4.78, 5) is 0. The summed E-state index contributed by atoms with van der Waals surface area (Å²) in [5, 5.41) is 4.32. The van der Waals surface area contributed by atoms with Gasteiger partial charge in [0.05, 0.1) is 6.61 Å². The van der Waals surface area contributed by atoms with Crippen LogP contribution in [0.15, 0.2) is 0 Å². The predicted molar refractivity (Wildman–Crippen MR) is 70.3 cm³/mol. The SMILES string of the molecule is CCOc1c(N)nsc1NCC(CC)CC. The van der Waals surface area contributed by atoms with Crippen molar-refractivity contribution in [3.05, 3.63) is 0 Å². The van der Waals surface area contributed by atoms with Gasteiger partial charge >= 0.3 is 0 Å². The van der Waals surface area contributed by atoms with Gasteiger partial charge in [0, 0.05) is 6.54 Å². The minimum atomic E-state index is 0.485. The summed E-state index contributed by atoms with van der Waals surface area (Å²) in [7, 11) is 0. The first-order valence-electron chi connectivity index (χ1n) is 5.84. The van der Waals surface area contributed by atoms with Gasteiger partial charge in [0.15, 0.2) is 16.6 Å². The summed E-state index contributed by atoms with van der Waals surface area (Å²) in [6.45, 7) is 7.93. The first kappa shape index (κ1) is 13.1. The predicted octanol–water partition coefficient (Wildman–Crippen LogP) is 2.97. The number of nitrogens with one attached hydrogen (secondary N) is 1. The first-order chi connectivity index (χ1) is 7.72. The zero-order valence-corrected chi connectivity index (χ0v) is 11.1. The van der Waals surface area contributed by atoms with E-state index in [1.54, 1.807) is 0 Å². The number of hydrogen-bond donors (Lipinski definition) is 2. The third-order valence-electron chi connectivity index (χ3n) is 2.67. The van der Waals surface area contributed by atoms with Crippen molar-refractivity contribution in [2.45, 2.75) is 33.6 Å². The summed E-state index contributed by atoms with van der Waals surface area (Å²) >= 11 is 1.37. The second kappa shape index (κ2) is 6.58. The zero-order valence-electron chi connectivity index (χ0n) is 10.2. The molecule has 5 heteroatoms. The van der Waals surface area contributed by atoms with Gasteiger partial charge in [-0.3, -0.25) is 0 Å². The van der Waals surface area contributed by atoms with Crippen molar-refractivity contribution >= 4 is 22.4 Å². The molecule has 0 spiro atoms. The van der Waals surface area contributed by atoms with Gasteiger partial charge in [-0.1, -0.05) is 26.7 Å². The molecule has 92 valence electrons. The van der Waals surface area contributed by atoms with Crippen LogP contribution in [0.25, 0.3) is 0 Å². The van der Waals surface area contributed by atoms with E-state index in [-0.39, 0.29) is 0 Å². The highest BCUT2D eigenvalue weighted by Gasteiger charge is 2.13. The summed E-state index contributed by atoms with van der Waals surface area (Å²) in [5.74, 6) is 1.88. The summed E-state index contributed by atoms with van der Waals surface area (Å²) in [6, 6.07) is 0. The Morgan fingerprint density at radius 3 is 2.62 bits per heavy atom. The fourth-order valence-electron chi connectivity index (χ4n) is 1.50. The van der Waals surface area contributed by atoms with Gasteiger partial charge in [0.1, 0.15) is 0 Å². The summed E-state index contributed by atoms with van der Waals surface area (Å²) in [5.41, 5.74) is 5.73. The summed E-state index contributed by atoms with van der Waals surface area (Å²) < 4.78 is 9.56. The molecule has 0 saturated heterocycles. The van der Waals surface area contributed by atoms with Crippen molar-refractivity contribution in [2.24, 2.45) is 5.92 Å². The maximum Gasteiger partial charge on any atom is 0.197 e. The Morgan fingerprint density at radius 2 is 2.06 bits per heavy atom. The molecule has 0 saturated carbocycles. The first-order valence-corrected chi connectivity index (χ1v) is 6.61. The normalized spacial score (nSPS) is 10.8. The second-order valence-corrected chi connectivity index (χ2v) is 4.50. The Bertz CT molecular complexity index is 310.